The number of rotatable bonds is 5. The molecule has 0 fully saturated rings. The molecule has 6 heteroatoms. The first-order valence-corrected chi connectivity index (χ1v) is 5.06. The summed E-state index contributed by atoms with van der Waals surface area (Å²) in [6, 6.07) is 0. The molecule has 0 heterocycles. The molecule has 0 saturated carbocycles. The first-order valence-electron chi connectivity index (χ1n) is 3.51. The molecule has 0 N–H and O–H groups in total. The van der Waals surface area contributed by atoms with Crippen LogP contribution in [0.5, 0.6) is 0 Å². The monoisotopic (exact) mass is 204 g/mol. The third kappa shape index (κ3) is 9.74. The Balaban J connectivity index is 3.48. The van der Waals surface area contributed by atoms with E-state index in [0.29, 0.717) is 0 Å². The van der Waals surface area contributed by atoms with Crippen LogP contribution in [0.4, 0.5) is 12.7 Å². The molecule has 0 aromatic heterocycles. The second-order valence-electron chi connectivity index (χ2n) is 2.77. The molecule has 0 saturated heterocycles. The molecule has 0 rings (SSSR count). The second-order valence-corrected chi connectivity index (χ2v) is 4.26. The maximum Gasteiger partial charge on any atom is 0.302 e. The van der Waals surface area contributed by atoms with Crippen molar-refractivity contribution in [2.24, 2.45) is 0 Å². The molecule has 0 bridgehead atoms. The minimum absolute atomic E-state index is 0.0205. The van der Waals surface area contributed by atoms with E-state index >= 15 is 0 Å². The lowest BCUT2D eigenvalue weighted by atomic mass is 10.2. The Hall–Kier alpha value is -0.260. The highest BCUT2D eigenvalue weighted by molar-refractivity contribution is 7.86. The summed E-state index contributed by atoms with van der Waals surface area (Å²) in [6.45, 7) is 0.747. The van der Waals surface area contributed by atoms with Crippen molar-refractivity contribution in [2.45, 2.75) is 32.1 Å². The second kappa shape index (κ2) is 4.11. The van der Waals surface area contributed by atoms with Crippen molar-refractivity contribution in [3.8, 4) is 0 Å². The lowest BCUT2D eigenvalue weighted by Crippen LogP contribution is -2.09. The number of hydrogen-bond donors (Lipinski definition) is 0. The lowest BCUT2D eigenvalue weighted by Gasteiger charge is -2.07. The van der Waals surface area contributed by atoms with Crippen LogP contribution >= 0.6 is 0 Å². The first kappa shape index (κ1) is 11.7. The van der Waals surface area contributed by atoms with Gasteiger partial charge in [-0.25, -0.2) is 8.78 Å². The zero-order chi connectivity index (χ0) is 9.83. The smallest absolute Gasteiger partial charge is 0.207 e. The number of unbranched alkanes of at least 4 members (excludes halogenated alkanes) is 1. The molecule has 0 aliphatic heterocycles. The van der Waals surface area contributed by atoms with Gasteiger partial charge in [0.2, 0.25) is 5.92 Å². The van der Waals surface area contributed by atoms with Gasteiger partial charge in [-0.05, 0) is 19.8 Å². The average Bonchev–Trinajstić information content (AvgIpc) is 1.76. The molecule has 0 unspecified atom stereocenters. The van der Waals surface area contributed by atoms with Gasteiger partial charge in [-0.2, -0.15) is 8.42 Å². The predicted molar refractivity (Wildman–Crippen MR) is 39.4 cm³/mol. The van der Waals surface area contributed by atoms with Crippen molar-refractivity contribution in [3.05, 3.63) is 0 Å². The van der Waals surface area contributed by atoms with Crippen molar-refractivity contribution in [1.82, 2.24) is 0 Å². The van der Waals surface area contributed by atoms with E-state index in [1.54, 1.807) is 0 Å². The van der Waals surface area contributed by atoms with Gasteiger partial charge < -0.3 is 0 Å². The molecule has 0 amide bonds. The van der Waals surface area contributed by atoms with Crippen molar-refractivity contribution in [2.75, 3.05) is 5.75 Å². The van der Waals surface area contributed by atoms with Crippen LogP contribution in [0.3, 0.4) is 0 Å². The van der Waals surface area contributed by atoms with Gasteiger partial charge in [0.1, 0.15) is 0 Å². The Morgan fingerprint density at radius 3 is 2.08 bits per heavy atom. The summed E-state index contributed by atoms with van der Waals surface area (Å²) >= 11 is 0. The summed E-state index contributed by atoms with van der Waals surface area (Å²) < 4.78 is 55.8. The molecule has 0 aliphatic rings. The molecule has 0 atom stereocenters. The van der Waals surface area contributed by atoms with Crippen LogP contribution in [0.25, 0.3) is 0 Å². The third-order valence-corrected chi connectivity index (χ3v) is 2.03. The highest BCUT2D eigenvalue weighted by Gasteiger charge is 2.20. The van der Waals surface area contributed by atoms with Crippen LogP contribution in [0.2, 0.25) is 0 Å². The van der Waals surface area contributed by atoms with Gasteiger partial charge in [-0.15, -0.1) is 3.89 Å². The quantitative estimate of drug-likeness (QED) is 0.507. The SMILES string of the molecule is CC(F)(F)CCCCS(=O)(=O)F. The molecule has 12 heavy (non-hydrogen) atoms. The van der Waals surface area contributed by atoms with Gasteiger partial charge in [0.15, 0.2) is 0 Å². The van der Waals surface area contributed by atoms with E-state index in [1.165, 1.54) is 0 Å². The van der Waals surface area contributed by atoms with Crippen LogP contribution in [0.1, 0.15) is 26.2 Å². The summed E-state index contributed by atoms with van der Waals surface area (Å²) in [7, 11) is -4.49. The van der Waals surface area contributed by atoms with E-state index < -0.39 is 28.3 Å². The Bertz CT molecular complexity index is 217. The fraction of sp³-hybridized carbons (Fsp3) is 1.00. The van der Waals surface area contributed by atoms with Crippen LogP contribution < -0.4 is 0 Å². The molecule has 0 aromatic carbocycles. The zero-order valence-corrected chi connectivity index (χ0v) is 7.50. The highest BCUT2D eigenvalue weighted by Crippen LogP contribution is 2.19. The topological polar surface area (TPSA) is 34.1 Å². The maximum absolute atomic E-state index is 12.1. The fourth-order valence-corrected chi connectivity index (χ4v) is 1.26. The molecule has 0 radical (unpaired) electrons. The summed E-state index contributed by atoms with van der Waals surface area (Å²) in [4.78, 5) is 0. The highest BCUT2D eigenvalue weighted by atomic mass is 32.3. The van der Waals surface area contributed by atoms with Crippen molar-refractivity contribution in [1.29, 1.82) is 0 Å². The Labute approximate surface area is 70.0 Å². The average molecular weight is 204 g/mol. The van der Waals surface area contributed by atoms with Crippen molar-refractivity contribution >= 4 is 10.2 Å². The number of alkyl halides is 2. The summed E-state index contributed by atoms with van der Waals surface area (Å²) in [5.41, 5.74) is 0. The van der Waals surface area contributed by atoms with Crippen molar-refractivity contribution in [3.63, 3.8) is 0 Å². The van der Waals surface area contributed by atoms with Gasteiger partial charge in [0.05, 0.1) is 5.75 Å². The Morgan fingerprint density at radius 2 is 1.75 bits per heavy atom. The molecular weight excluding hydrogens is 193 g/mol. The zero-order valence-electron chi connectivity index (χ0n) is 6.69. The Morgan fingerprint density at radius 1 is 1.25 bits per heavy atom. The summed E-state index contributed by atoms with van der Waals surface area (Å²) in [5.74, 6) is -3.46. The fourth-order valence-electron chi connectivity index (χ4n) is 0.710. The van der Waals surface area contributed by atoms with Gasteiger partial charge in [-0.3, -0.25) is 0 Å². The summed E-state index contributed by atoms with van der Waals surface area (Å²) in [5, 5.41) is 0. The van der Waals surface area contributed by atoms with E-state index in [0.717, 1.165) is 6.92 Å². The van der Waals surface area contributed by atoms with Gasteiger partial charge >= 0.3 is 10.2 Å². The molecule has 0 spiro atoms. The molecule has 0 aliphatic carbocycles. The van der Waals surface area contributed by atoms with E-state index in [1.807, 2.05) is 0 Å². The maximum atomic E-state index is 12.1. The largest absolute Gasteiger partial charge is 0.302 e. The first-order chi connectivity index (χ1) is 5.21. The lowest BCUT2D eigenvalue weighted by molar-refractivity contribution is 0.0108. The van der Waals surface area contributed by atoms with Gasteiger partial charge in [0.25, 0.3) is 0 Å². The number of halogens is 3. The van der Waals surface area contributed by atoms with Crippen LogP contribution in [-0.2, 0) is 10.2 Å². The van der Waals surface area contributed by atoms with E-state index in [9.17, 15) is 21.1 Å². The van der Waals surface area contributed by atoms with E-state index in [4.69, 9.17) is 0 Å². The van der Waals surface area contributed by atoms with Crippen molar-refractivity contribution < 1.29 is 21.1 Å². The van der Waals surface area contributed by atoms with Gasteiger partial charge in [-0.1, -0.05) is 0 Å². The molecule has 74 valence electrons. The number of hydrogen-bond acceptors (Lipinski definition) is 2. The van der Waals surface area contributed by atoms with Crippen LogP contribution in [-0.4, -0.2) is 20.1 Å². The van der Waals surface area contributed by atoms with E-state index in [-0.39, 0.29) is 12.8 Å². The van der Waals surface area contributed by atoms with Gasteiger partial charge in [0, 0.05) is 6.42 Å². The predicted octanol–water partition coefficient (Wildman–Crippen LogP) is 2.11. The minimum atomic E-state index is -4.49. The Kier molecular flexibility index (Phi) is 4.02. The standard InChI is InChI=1S/C6H11F3O2S/c1-6(7,8)4-2-3-5-12(9,10)11/h2-5H2,1H3. The normalized spacial score (nSPS) is 13.3. The minimum Gasteiger partial charge on any atom is -0.207 e. The molecular formula is C6H11F3O2S. The van der Waals surface area contributed by atoms with Crippen LogP contribution in [0, 0.1) is 0 Å². The third-order valence-electron chi connectivity index (χ3n) is 1.25. The molecule has 0 aromatic rings. The van der Waals surface area contributed by atoms with E-state index in [2.05, 4.69) is 0 Å². The van der Waals surface area contributed by atoms with Crippen LogP contribution in [0.15, 0.2) is 0 Å². The molecule has 2 nitrogen and oxygen atoms in total. The summed E-state index contributed by atoms with van der Waals surface area (Å²) in [6.07, 6.45) is -0.433.